The summed E-state index contributed by atoms with van der Waals surface area (Å²) in [5.41, 5.74) is 0.440. The number of hydrogen-bond acceptors (Lipinski definition) is 10. The minimum Gasteiger partial charge on any atom is -0.462 e. The molecule has 1 fully saturated rings. The molecule has 0 spiro atoms. The van der Waals surface area contributed by atoms with Crippen LogP contribution in [0.15, 0.2) is 37.1 Å². The van der Waals surface area contributed by atoms with Crippen LogP contribution in [0.2, 0.25) is 5.02 Å². The Balaban J connectivity index is 1.44. The fraction of sp³-hybridized carbons (Fsp3) is 0.300. The average Bonchev–Trinajstić information content (AvgIpc) is 3.39. The molecule has 33 heavy (non-hydrogen) atoms. The molecule has 1 atom stereocenters. The number of nitrogens with one attached hydrogen (secondary N) is 1. The minimum atomic E-state index is -0.901. The number of anilines is 1. The lowest BCUT2D eigenvalue weighted by Crippen LogP contribution is -2.55. The Morgan fingerprint density at radius 1 is 1.33 bits per heavy atom. The standard InChI is InChI=1S/C20H19ClN8O3S/c1-11-5-23-20(33-11)27-18(31)15(9-28-7-12(30)8-28)32-19-13-6-26-29(16(13)24-10-25-19)17-14(21)3-2-4-22-17/h2-6,10,12,15,30H,7-9H2,1H3,(H,23,27,31)/t15-/m0/s1. The van der Waals surface area contributed by atoms with E-state index in [9.17, 15) is 9.90 Å². The maximum atomic E-state index is 13.0. The molecule has 0 bridgehead atoms. The van der Waals surface area contributed by atoms with Crippen LogP contribution in [-0.2, 0) is 4.79 Å². The van der Waals surface area contributed by atoms with Gasteiger partial charge in [-0.1, -0.05) is 11.6 Å². The molecule has 0 aliphatic carbocycles. The summed E-state index contributed by atoms with van der Waals surface area (Å²) in [4.78, 5) is 32.9. The summed E-state index contributed by atoms with van der Waals surface area (Å²) in [5, 5.41) is 18.2. The highest BCUT2D eigenvalue weighted by molar-refractivity contribution is 7.15. The van der Waals surface area contributed by atoms with Gasteiger partial charge in [-0.25, -0.2) is 19.9 Å². The monoisotopic (exact) mass is 486 g/mol. The quantitative estimate of drug-likeness (QED) is 0.400. The fourth-order valence-corrected chi connectivity index (χ4v) is 4.31. The summed E-state index contributed by atoms with van der Waals surface area (Å²) in [6.07, 6.45) is 4.87. The van der Waals surface area contributed by atoms with E-state index in [0.29, 0.717) is 40.1 Å². The van der Waals surface area contributed by atoms with Crippen molar-refractivity contribution in [3.8, 4) is 11.7 Å². The molecule has 4 aromatic heterocycles. The smallest absolute Gasteiger partial charge is 0.268 e. The third-order valence-corrected chi connectivity index (χ3v) is 6.15. The van der Waals surface area contributed by atoms with Crippen molar-refractivity contribution >= 4 is 45.0 Å². The topological polar surface area (TPSA) is 131 Å². The molecule has 11 nitrogen and oxygen atoms in total. The van der Waals surface area contributed by atoms with Crippen LogP contribution in [0.4, 0.5) is 5.13 Å². The summed E-state index contributed by atoms with van der Waals surface area (Å²) >= 11 is 7.64. The summed E-state index contributed by atoms with van der Waals surface area (Å²) in [5.74, 6) is 0.259. The lowest BCUT2D eigenvalue weighted by molar-refractivity contribution is -0.125. The van der Waals surface area contributed by atoms with Crippen LogP contribution < -0.4 is 10.1 Å². The Kier molecular flexibility index (Phi) is 5.89. The predicted molar refractivity (Wildman–Crippen MR) is 122 cm³/mol. The number of β-amino-alcohol motifs (C(OH)–C–C–N with tert-alkyl or cyclic N) is 1. The second kappa shape index (κ2) is 8.98. The molecule has 1 saturated heterocycles. The number of ether oxygens (including phenoxy) is 1. The minimum absolute atomic E-state index is 0.204. The number of aromatic nitrogens is 6. The average molecular weight is 487 g/mol. The van der Waals surface area contributed by atoms with Crippen LogP contribution in [0, 0.1) is 6.92 Å². The first-order chi connectivity index (χ1) is 16.0. The molecule has 13 heteroatoms. The van der Waals surface area contributed by atoms with E-state index in [1.54, 1.807) is 30.7 Å². The van der Waals surface area contributed by atoms with E-state index in [0.717, 1.165) is 4.88 Å². The van der Waals surface area contributed by atoms with Crippen molar-refractivity contribution in [2.24, 2.45) is 0 Å². The Bertz CT molecular complexity index is 1310. The Labute approximate surface area is 197 Å². The largest absolute Gasteiger partial charge is 0.462 e. The van der Waals surface area contributed by atoms with E-state index in [2.05, 4.69) is 30.4 Å². The summed E-state index contributed by atoms with van der Waals surface area (Å²) < 4.78 is 7.56. The van der Waals surface area contributed by atoms with Gasteiger partial charge >= 0.3 is 0 Å². The van der Waals surface area contributed by atoms with Gasteiger partial charge in [0, 0.05) is 36.9 Å². The van der Waals surface area contributed by atoms with E-state index in [1.807, 2.05) is 11.8 Å². The first-order valence-electron chi connectivity index (χ1n) is 10.1. The van der Waals surface area contributed by atoms with Crippen molar-refractivity contribution in [1.29, 1.82) is 0 Å². The SMILES string of the molecule is Cc1cnc(NC(=O)[C@H](CN2CC(O)C2)Oc2ncnc3c2cnn3-c2ncccc2Cl)s1. The van der Waals surface area contributed by atoms with Crippen LogP contribution in [0.5, 0.6) is 5.88 Å². The molecule has 0 radical (unpaired) electrons. The van der Waals surface area contributed by atoms with Crippen LogP contribution in [0.3, 0.4) is 0 Å². The second-order valence-corrected chi connectivity index (χ2v) is 9.17. The third kappa shape index (κ3) is 4.50. The van der Waals surface area contributed by atoms with Crippen molar-refractivity contribution in [3.05, 3.63) is 47.0 Å². The summed E-state index contributed by atoms with van der Waals surface area (Å²) in [6.45, 7) is 3.13. The summed E-state index contributed by atoms with van der Waals surface area (Å²) in [7, 11) is 0. The molecule has 0 unspecified atom stereocenters. The van der Waals surface area contributed by atoms with E-state index < -0.39 is 12.2 Å². The number of carbonyl (C=O) groups is 1. The van der Waals surface area contributed by atoms with Crippen molar-refractivity contribution in [3.63, 3.8) is 0 Å². The first-order valence-corrected chi connectivity index (χ1v) is 11.3. The van der Waals surface area contributed by atoms with Gasteiger partial charge in [0.05, 0.1) is 17.3 Å². The molecule has 5 rings (SSSR count). The van der Waals surface area contributed by atoms with Gasteiger partial charge in [-0.05, 0) is 19.1 Å². The van der Waals surface area contributed by atoms with E-state index >= 15 is 0 Å². The third-order valence-electron chi connectivity index (χ3n) is 5.03. The number of carbonyl (C=O) groups excluding carboxylic acids is 1. The van der Waals surface area contributed by atoms with Gasteiger partial charge in [-0.3, -0.25) is 15.0 Å². The number of aliphatic hydroxyl groups is 1. The maximum absolute atomic E-state index is 13.0. The molecule has 0 aromatic carbocycles. The molecule has 4 aromatic rings. The fourth-order valence-electron chi connectivity index (χ4n) is 3.44. The van der Waals surface area contributed by atoms with Crippen LogP contribution in [-0.4, -0.2) is 77.5 Å². The van der Waals surface area contributed by atoms with E-state index in [1.165, 1.54) is 22.3 Å². The molecule has 0 saturated carbocycles. The van der Waals surface area contributed by atoms with E-state index in [4.69, 9.17) is 16.3 Å². The van der Waals surface area contributed by atoms with Gasteiger partial charge in [0.15, 0.2) is 22.7 Å². The molecule has 5 heterocycles. The zero-order valence-electron chi connectivity index (χ0n) is 17.4. The normalized spacial score (nSPS) is 15.4. The molecule has 170 valence electrons. The highest BCUT2D eigenvalue weighted by Crippen LogP contribution is 2.27. The first kappa shape index (κ1) is 21.6. The summed E-state index contributed by atoms with van der Waals surface area (Å²) in [6, 6.07) is 3.43. The van der Waals surface area contributed by atoms with E-state index in [-0.39, 0.29) is 18.3 Å². The van der Waals surface area contributed by atoms with Gasteiger partial charge in [0.2, 0.25) is 5.88 Å². The second-order valence-electron chi connectivity index (χ2n) is 7.53. The number of aryl methyl sites for hydroxylation is 1. The Morgan fingerprint density at radius 3 is 2.91 bits per heavy atom. The number of likely N-dealkylation sites (tertiary alicyclic amines) is 1. The number of aliphatic hydroxyl groups excluding tert-OH is 1. The number of amides is 1. The number of hydrogen-bond donors (Lipinski definition) is 2. The van der Waals surface area contributed by atoms with Gasteiger partial charge in [-0.2, -0.15) is 9.78 Å². The van der Waals surface area contributed by atoms with Gasteiger partial charge < -0.3 is 9.84 Å². The van der Waals surface area contributed by atoms with Crippen molar-refractivity contribution in [1.82, 2.24) is 34.6 Å². The molecular weight excluding hydrogens is 468 g/mol. The Hall–Kier alpha value is -3.19. The number of fused-ring (bicyclic) bond motifs is 1. The molecule has 2 N–H and O–H groups in total. The predicted octanol–water partition coefficient (Wildman–Crippen LogP) is 1.69. The zero-order chi connectivity index (χ0) is 22.9. The number of rotatable bonds is 7. The van der Waals surface area contributed by atoms with Crippen LogP contribution in [0.25, 0.3) is 16.9 Å². The van der Waals surface area contributed by atoms with Crippen molar-refractivity contribution in [2.75, 3.05) is 25.0 Å². The van der Waals surface area contributed by atoms with Crippen LogP contribution in [0.1, 0.15) is 4.88 Å². The zero-order valence-corrected chi connectivity index (χ0v) is 19.0. The van der Waals surface area contributed by atoms with Gasteiger partial charge in [0.25, 0.3) is 5.91 Å². The number of halogens is 1. The lowest BCUT2D eigenvalue weighted by atomic mass is 10.1. The molecular formula is C20H19ClN8O3S. The molecule has 1 aliphatic rings. The van der Waals surface area contributed by atoms with Crippen LogP contribution >= 0.6 is 22.9 Å². The highest BCUT2D eigenvalue weighted by atomic mass is 35.5. The highest BCUT2D eigenvalue weighted by Gasteiger charge is 2.32. The molecule has 1 aliphatic heterocycles. The van der Waals surface area contributed by atoms with Gasteiger partial charge in [0.1, 0.15) is 11.7 Å². The number of nitrogens with zero attached hydrogens (tertiary/aromatic N) is 7. The molecule has 1 amide bonds. The lowest BCUT2D eigenvalue weighted by Gasteiger charge is -2.37. The van der Waals surface area contributed by atoms with Gasteiger partial charge in [-0.15, -0.1) is 11.3 Å². The van der Waals surface area contributed by atoms with Crippen molar-refractivity contribution < 1.29 is 14.6 Å². The van der Waals surface area contributed by atoms with Crippen molar-refractivity contribution in [2.45, 2.75) is 19.1 Å². The maximum Gasteiger partial charge on any atom is 0.268 e. The number of thiazole rings is 1. The Morgan fingerprint density at radius 2 is 2.18 bits per heavy atom. The number of pyridine rings is 1.